The number of hydrogen-bond donors (Lipinski definition) is 2. The first kappa shape index (κ1) is 22.3. The van der Waals surface area contributed by atoms with Gasteiger partial charge in [-0.15, -0.1) is 0 Å². The van der Waals surface area contributed by atoms with Crippen LogP contribution < -0.4 is 20.1 Å². The lowest BCUT2D eigenvalue weighted by Gasteiger charge is -2.10. The number of halogens is 2. The van der Waals surface area contributed by atoms with E-state index >= 15 is 0 Å². The van der Waals surface area contributed by atoms with E-state index < -0.39 is 30.9 Å². The molecule has 0 aromatic heterocycles. The molecule has 2 aromatic carbocycles. The molecule has 0 saturated carbocycles. The van der Waals surface area contributed by atoms with Gasteiger partial charge in [0, 0.05) is 28.9 Å². The smallest absolute Gasteiger partial charge is 0.325 e. The molecule has 2 rings (SSSR count). The summed E-state index contributed by atoms with van der Waals surface area (Å²) in [5, 5.41) is 5.44. The van der Waals surface area contributed by atoms with Gasteiger partial charge in [0.15, 0.2) is 6.61 Å². The van der Waals surface area contributed by atoms with E-state index in [2.05, 4.69) is 10.6 Å². The normalized spacial score (nSPS) is 10.1. The fourth-order valence-electron chi connectivity index (χ4n) is 2.20. The molecule has 8 nitrogen and oxygen atoms in total. The minimum absolute atomic E-state index is 0.150. The summed E-state index contributed by atoms with van der Waals surface area (Å²) in [5.74, 6) is -0.959. The summed E-state index contributed by atoms with van der Waals surface area (Å²) in [6, 6.07) is 9.15. The SMILES string of the molecule is COc1cc(NC(=O)COC(=O)CNC(=O)c2ccc(Cl)cc2Cl)cc(OC)c1. The Morgan fingerprint density at radius 2 is 1.62 bits per heavy atom. The predicted octanol–water partition coefficient (Wildman–Crippen LogP) is 2.92. The van der Waals surface area contributed by atoms with Gasteiger partial charge in [-0.05, 0) is 18.2 Å². The van der Waals surface area contributed by atoms with Gasteiger partial charge >= 0.3 is 5.97 Å². The Morgan fingerprint density at radius 3 is 2.21 bits per heavy atom. The Labute approximate surface area is 177 Å². The summed E-state index contributed by atoms with van der Waals surface area (Å²) in [6.45, 7) is -0.964. The third-order valence-corrected chi connectivity index (χ3v) is 4.12. The highest BCUT2D eigenvalue weighted by Gasteiger charge is 2.14. The van der Waals surface area contributed by atoms with E-state index in [0.717, 1.165) is 0 Å². The van der Waals surface area contributed by atoms with Crippen LogP contribution in [0.2, 0.25) is 10.0 Å². The Kier molecular flexibility index (Phi) is 8.11. The van der Waals surface area contributed by atoms with Crippen molar-refractivity contribution in [3.8, 4) is 11.5 Å². The highest BCUT2D eigenvalue weighted by molar-refractivity contribution is 6.36. The summed E-state index contributed by atoms with van der Waals surface area (Å²) in [6.07, 6.45) is 0. The number of nitrogens with one attached hydrogen (secondary N) is 2. The van der Waals surface area contributed by atoms with Crippen molar-refractivity contribution in [2.45, 2.75) is 0 Å². The van der Waals surface area contributed by atoms with Gasteiger partial charge in [-0.1, -0.05) is 23.2 Å². The van der Waals surface area contributed by atoms with Crippen LogP contribution in [0.3, 0.4) is 0 Å². The first-order valence-corrected chi connectivity index (χ1v) is 8.99. The second-order valence-corrected chi connectivity index (χ2v) is 6.46. The number of methoxy groups -OCH3 is 2. The average Bonchev–Trinajstić information content (AvgIpc) is 2.70. The zero-order valence-corrected chi connectivity index (χ0v) is 17.1. The van der Waals surface area contributed by atoms with Gasteiger partial charge in [0.05, 0.1) is 24.8 Å². The van der Waals surface area contributed by atoms with Crippen molar-refractivity contribution in [2.24, 2.45) is 0 Å². The van der Waals surface area contributed by atoms with Crippen LogP contribution in [0.15, 0.2) is 36.4 Å². The predicted molar refractivity (Wildman–Crippen MR) is 108 cm³/mol. The largest absolute Gasteiger partial charge is 0.497 e. The van der Waals surface area contributed by atoms with Crippen molar-refractivity contribution in [3.05, 3.63) is 52.0 Å². The lowest BCUT2D eigenvalue weighted by Crippen LogP contribution is -2.32. The van der Waals surface area contributed by atoms with Gasteiger partial charge < -0.3 is 24.8 Å². The van der Waals surface area contributed by atoms with Gasteiger partial charge in [-0.3, -0.25) is 14.4 Å². The molecular weight excluding hydrogens is 423 g/mol. The molecule has 0 atom stereocenters. The number of benzene rings is 2. The van der Waals surface area contributed by atoms with Crippen molar-refractivity contribution in [1.29, 1.82) is 0 Å². The maximum atomic E-state index is 12.0. The lowest BCUT2D eigenvalue weighted by molar-refractivity contribution is -0.146. The number of anilines is 1. The molecule has 0 heterocycles. The van der Waals surface area contributed by atoms with E-state index in [1.165, 1.54) is 32.4 Å². The molecule has 2 N–H and O–H groups in total. The minimum Gasteiger partial charge on any atom is -0.497 e. The van der Waals surface area contributed by atoms with E-state index in [1.54, 1.807) is 18.2 Å². The highest BCUT2D eigenvalue weighted by atomic mass is 35.5. The average molecular weight is 441 g/mol. The number of hydrogen-bond acceptors (Lipinski definition) is 6. The van der Waals surface area contributed by atoms with Crippen LogP contribution in [-0.2, 0) is 14.3 Å². The molecule has 0 aliphatic heterocycles. The maximum Gasteiger partial charge on any atom is 0.325 e. The number of carbonyl (C=O) groups is 3. The Morgan fingerprint density at radius 1 is 0.966 bits per heavy atom. The topological polar surface area (TPSA) is 103 Å². The van der Waals surface area contributed by atoms with Crippen LogP contribution in [0.5, 0.6) is 11.5 Å². The minimum atomic E-state index is -0.790. The highest BCUT2D eigenvalue weighted by Crippen LogP contribution is 2.25. The fraction of sp³-hybridized carbons (Fsp3) is 0.211. The van der Waals surface area contributed by atoms with Crippen LogP contribution in [-0.4, -0.2) is 45.2 Å². The standard InChI is InChI=1S/C19H18Cl2N2O6/c1-27-13-6-12(7-14(8-13)28-2)23-17(24)10-29-18(25)9-22-19(26)15-4-3-11(20)5-16(15)21/h3-8H,9-10H2,1-2H3,(H,22,26)(H,23,24). The fourth-order valence-corrected chi connectivity index (χ4v) is 2.69. The molecule has 2 amide bonds. The summed E-state index contributed by atoms with van der Waals surface area (Å²) in [4.78, 5) is 35.8. The molecule has 29 heavy (non-hydrogen) atoms. The number of rotatable bonds is 8. The van der Waals surface area contributed by atoms with Gasteiger partial charge in [0.1, 0.15) is 18.0 Å². The molecule has 2 aromatic rings. The van der Waals surface area contributed by atoms with Crippen LogP contribution in [0.25, 0.3) is 0 Å². The van der Waals surface area contributed by atoms with E-state index in [1.807, 2.05) is 0 Å². The van der Waals surface area contributed by atoms with E-state index in [4.69, 9.17) is 37.4 Å². The molecule has 0 radical (unpaired) electrons. The van der Waals surface area contributed by atoms with Crippen LogP contribution in [0.1, 0.15) is 10.4 Å². The first-order chi connectivity index (χ1) is 13.8. The Balaban J connectivity index is 1.81. The Bertz CT molecular complexity index is 897. The summed E-state index contributed by atoms with van der Waals surface area (Å²) in [7, 11) is 2.96. The molecule has 0 aliphatic rings. The maximum absolute atomic E-state index is 12.0. The Hall–Kier alpha value is -2.97. The second-order valence-electron chi connectivity index (χ2n) is 5.62. The molecule has 0 fully saturated rings. The van der Waals surface area contributed by atoms with Gasteiger partial charge in [0.2, 0.25) is 0 Å². The van der Waals surface area contributed by atoms with Crippen LogP contribution in [0, 0.1) is 0 Å². The van der Waals surface area contributed by atoms with E-state index in [0.29, 0.717) is 22.2 Å². The van der Waals surface area contributed by atoms with Gasteiger partial charge in [-0.2, -0.15) is 0 Å². The third kappa shape index (κ3) is 6.85. The molecular formula is C19H18Cl2N2O6. The van der Waals surface area contributed by atoms with E-state index in [-0.39, 0.29) is 10.6 Å². The van der Waals surface area contributed by atoms with Crippen molar-refractivity contribution in [1.82, 2.24) is 5.32 Å². The monoisotopic (exact) mass is 440 g/mol. The van der Waals surface area contributed by atoms with Crippen molar-refractivity contribution in [3.63, 3.8) is 0 Å². The third-order valence-electron chi connectivity index (χ3n) is 3.57. The summed E-state index contributed by atoms with van der Waals surface area (Å²) >= 11 is 11.7. The number of amides is 2. The zero-order chi connectivity index (χ0) is 21.4. The summed E-state index contributed by atoms with van der Waals surface area (Å²) in [5.41, 5.74) is 0.571. The van der Waals surface area contributed by atoms with Crippen LogP contribution in [0.4, 0.5) is 5.69 Å². The summed E-state index contributed by atoms with van der Waals surface area (Å²) < 4.78 is 15.1. The van der Waals surface area contributed by atoms with Crippen molar-refractivity contribution in [2.75, 3.05) is 32.7 Å². The molecule has 10 heteroatoms. The molecule has 0 unspecified atom stereocenters. The van der Waals surface area contributed by atoms with Gasteiger partial charge in [-0.25, -0.2) is 0 Å². The molecule has 0 spiro atoms. The quantitative estimate of drug-likeness (QED) is 0.611. The molecule has 154 valence electrons. The van der Waals surface area contributed by atoms with Gasteiger partial charge in [0.25, 0.3) is 11.8 Å². The number of esters is 1. The molecule has 0 bridgehead atoms. The second kappa shape index (κ2) is 10.5. The first-order valence-electron chi connectivity index (χ1n) is 8.24. The molecule has 0 saturated heterocycles. The molecule has 0 aliphatic carbocycles. The van der Waals surface area contributed by atoms with E-state index in [9.17, 15) is 14.4 Å². The lowest BCUT2D eigenvalue weighted by atomic mass is 10.2. The number of carbonyl (C=O) groups excluding carboxylic acids is 3. The van der Waals surface area contributed by atoms with Crippen LogP contribution >= 0.6 is 23.2 Å². The van der Waals surface area contributed by atoms with Crippen molar-refractivity contribution < 1.29 is 28.6 Å². The zero-order valence-electron chi connectivity index (χ0n) is 15.6. The number of ether oxygens (including phenoxy) is 3. The van der Waals surface area contributed by atoms with Crippen molar-refractivity contribution >= 4 is 46.7 Å².